The molecule has 0 aliphatic rings. The maximum Gasteiger partial charge on any atom is 0.274 e. The second kappa shape index (κ2) is 10.6. The van der Waals surface area contributed by atoms with Crippen molar-refractivity contribution in [1.82, 2.24) is 19.2 Å². The Morgan fingerprint density at radius 3 is 2.79 bits per heavy atom. The first-order valence-corrected chi connectivity index (χ1v) is 12.1. The Kier molecular flexibility index (Phi) is 7.32. The van der Waals surface area contributed by atoms with Crippen molar-refractivity contribution in [3.63, 3.8) is 0 Å². The number of hydrogen-bond acceptors (Lipinski definition) is 6. The van der Waals surface area contributed by atoms with Gasteiger partial charge in [0.05, 0.1) is 11.4 Å². The standard InChI is InChI=1S/C25H27N5O3S/c1-4-12-29-16-26-25-27-19(14-23(31)30(25)29)15-34-22-11-6-5-10-21(22)28-24(32)18(3)33-20-9-7-8-17(2)13-20/h5-11,13-14,16,18H,4,12,15H2,1-3H3,(H,28,32)/t18-/m1/s1. The molecule has 0 saturated heterocycles. The van der Waals surface area contributed by atoms with Crippen LogP contribution in [0, 0.1) is 6.92 Å². The summed E-state index contributed by atoms with van der Waals surface area (Å²) in [5.74, 6) is 1.27. The number of ether oxygens (including phenoxy) is 1. The predicted molar refractivity (Wildman–Crippen MR) is 133 cm³/mol. The molecular formula is C25H27N5O3S. The second-order valence-electron chi connectivity index (χ2n) is 7.96. The van der Waals surface area contributed by atoms with Crippen molar-refractivity contribution in [1.29, 1.82) is 0 Å². The number of para-hydroxylation sites is 1. The van der Waals surface area contributed by atoms with Crippen LogP contribution in [0.25, 0.3) is 5.78 Å². The van der Waals surface area contributed by atoms with Crippen molar-refractivity contribution in [2.45, 2.75) is 50.5 Å². The summed E-state index contributed by atoms with van der Waals surface area (Å²) in [6.45, 7) is 6.44. The highest BCUT2D eigenvalue weighted by atomic mass is 32.2. The fraction of sp³-hybridized carbons (Fsp3) is 0.280. The highest BCUT2D eigenvalue weighted by molar-refractivity contribution is 7.98. The van der Waals surface area contributed by atoms with Gasteiger partial charge in [0.2, 0.25) is 0 Å². The number of thioether (sulfide) groups is 1. The summed E-state index contributed by atoms with van der Waals surface area (Å²) >= 11 is 1.49. The number of carbonyl (C=O) groups excluding carboxylic acids is 1. The van der Waals surface area contributed by atoms with E-state index >= 15 is 0 Å². The summed E-state index contributed by atoms with van der Waals surface area (Å²) in [5.41, 5.74) is 2.22. The number of amides is 1. The van der Waals surface area contributed by atoms with Crippen molar-refractivity contribution in [3.05, 3.63) is 82.5 Å². The lowest BCUT2D eigenvalue weighted by Crippen LogP contribution is -2.30. The van der Waals surface area contributed by atoms with Crippen LogP contribution in [0.1, 0.15) is 31.5 Å². The molecule has 0 saturated carbocycles. The van der Waals surface area contributed by atoms with Gasteiger partial charge in [-0.2, -0.15) is 9.50 Å². The zero-order valence-corrected chi connectivity index (χ0v) is 20.2. The third-order valence-electron chi connectivity index (χ3n) is 5.14. The molecule has 0 fully saturated rings. The van der Waals surface area contributed by atoms with E-state index in [0.29, 0.717) is 35.2 Å². The van der Waals surface area contributed by atoms with Crippen LogP contribution in [0.4, 0.5) is 5.69 Å². The number of nitrogens with one attached hydrogen (secondary N) is 1. The molecule has 0 aliphatic carbocycles. The van der Waals surface area contributed by atoms with Gasteiger partial charge < -0.3 is 10.1 Å². The van der Waals surface area contributed by atoms with Crippen molar-refractivity contribution >= 4 is 29.1 Å². The van der Waals surface area contributed by atoms with Gasteiger partial charge in [0.25, 0.3) is 17.2 Å². The molecule has 1 atom stereocenters. The molecule has 0 aliphatic heterocycles. The van der Waals surface area contributed by atoms with E-state index in [1.807, 2.05) is 62.4 Å². The number of nitrogens with zero attached hydrogens (tertiary/aromatic N) is 4. The molecule has 4 rings (SSSR count). The summed E-state index contributed by atoms with van der Waals surface area (Å²) in [7, 11) is 0. The smallest absolute Gasteiger partial charge is 0.274 e. The van der Waals surface area contributed by atoms with Gasteiger partial charge in [-0.1, -0.05) is 31.2 Å². The van der Waals surface area contributed by atoms with Crippen LogP contribution in [-0.2, 0) is 17.1 Å². The van der Waals surface area contributed by atoms with Crippen LogP contribution in [0.3, 0.4) is 0 Å². The molecule has 1 amide bonds. The second-order valence-corrected chi connectivity index (χ2v) is 8.97. The molecule has 34 heavy (non-hydrogen) atoms. The Balaban J connectivity index is 1.44. The molecule has 9 heteroatoms. The third-order valence-corrected chi connectivity index (χ3v) is 6.25. The minimum atomic E-state index is -0.665. The minimum absolute atomic E-state index is 0.157. The van der Waals surface area contributed by atoms with Gasteiger partial charge in [-0.25, -0.2) is 4.98 Å². The lowest BCUT2D eigenvalue weighted by Gasteiger charge is -2.16. The van der Waals surface area contributed by atoms with E-state index < -0.39 is 6.10 Å². The summed E-state index contributed by atoms with van der Waals surface area (Å²) < 4.78 is 9.05. The van der Waals surface area contributed by atoms with E-state index in [1.165, 1.54) is 22.3 Å². The Morgan fingerprint density at radius 2 is 2.00 bits per heavy atom. The Hall–Kier alpha value is -3.59. The number of carbonyl (C=O) groups is 1. The molecule has 0 unspecified atom stereocenters. The first-order valence-electron chi connectivity index (χ1n) is 11.1. The van der Waals surface area contributed by atoms with Crippen LogP contribution < -0.4 is 15.6 Å². The molecule has 2 aromatic heterocycles. The zero-order valence-electron chi connectivity index (χ0n) is 19.4. The van der Waals surface area contributed by atoms with Crippen molar-refractivity contribution < 1.29 is 9.53 Å². The summed E-state index contributed by atoms with van der Waals surface area (Å²) in [6.07, 6.45) is 1.86. The lowest BCUT2D eigenvalue weighted by atomic mass is 10.2. The molecule has 0 spiro atoms. The number of fused-ring (bicyclic) bond motifs is 1. The van der Waals surface area contributed by atoms with E-state index in [0.717, 1.165) is 16.9 Å². The van der Waals surface area contributed by atoms with Crippen LogP contribution in [0.15, 0.2) is 70.6 Å². The van der Waals surface area contributed by atoms with E-state index in [-0.39, 0.29) is 11.5 Å². The highest BCUT2D eigenvalue weighted by Gasteiger charge is 2.17. The Labute approximate surface area is 202 Å². The molecule has 0 radical (unpaired) electrons. The van der Waals surface area contributed by atoms with Gasteiger partial charge in [0, 0.05) is 23.3 Å². The van der Waals surface area contributed by atoms with Gasteiger partial charge in [0.15, 0.2) is 6.10 Å². The fourth-order valence-corrected chi connectivity index (χ4v) is 4.39. The van der Waals surface area contributed by atoms with E-state index in [9.17, 15) is 9.59 Å². The Bertz CT molecular complexity index is 1360. The normalized spacial score (nSPS) is 12.0. The van der Waals surface area contributed by atoms with Crippen LogP contribution >= 0.6 is 11.8 Å². The van der Waals surface area contributed by atoms with Crippen LogP contribution in [0.5, 0.6) is 5.75 Å². The molecule has 1 N–H and O–H groups in total. The molecule has 2 heterocycles. The van der Waals surface area contributed by atoms with Gasteiger partial charge in [-0.3, -0.25) is 14.3 Å². The number of anilines is 1. The third kappa shape index (κ3) is 5.48. The van der Waals surface area contributed by atoms with E-state index in [4.69, 9.17) is 4.74 Å². The van der Waals surface area contributed by atoms with Crippen LogP contribution in [-0.4, -0.2) is 31.2 Å². The van der Waals surface area contributed by atoms with E-state index in [1.54, 1.807) is 17.9 Å². The number of aryl methyl sites for hydroxylation is 2. The topological polar surface area (TPSA) is 90.5 Å². The first-order chi connectivity index (χ1) is 16.4. The largest absolute Gasteiger partial charge is 0.481 e. The van der Waals surface area contributed by atoms with Gasteiger partial charge in [-0.15, -0.1) is 11.8 Å². The number of aromatic nitrogens is 4. The summed E-state index contributed by atoms with van der Waals surface area (Å²) in [4.78, 5) is 35.0. The molecule has 8 nitrogen and oxygen atoms in total. The SMILES string of the molecule is CCCn1cnc2nc(CSc3ccccc3NC(=O)[C@@H](C)Oc3cccc(C)c3)cc(=O)n21. The quantitative estimate of drug-likeness (QED) is 0.361. The maximum absolute atomic E-state index is 12.8. The molecular weight excluding hydrogens is 450 g/mol. The van der Waals surface area contributed by atoms with E-state index in [2.05, 4.69) is 15.3 Å². The summed E-state index contributed by atoms with van der Waals surface area (Å²) in [6, 6.07) is 16.7. The Morgan fingerprint density at radius 1 is 1.18 bits per heavy atom. The number of rotatable bonds is 9. The van der Waals surface area contributed by atoms with Crippen LogP contribution in [0.2, 0.25) is 0 Å². The van der Waals surface area contributed by atoms with Gasteiger partial charge >= 0.3 is 0 Å². The zero-order chi connectivity index (χ0) is 24.1. The fourth-order valence-electron chi connectivity index (χ4n) is 3.49. The molecule has 2 aromatic carbocycles. The predicted octanol–water partition coefficient (Wildman–Crippen LogP) is 4.31. The number of hydrogen-bond donors (Lipinski definition) is 1. The van der Waals surface area contributed by atoms with Gasteiger partial charge in [-0.05, 0) is 50.1 Å². The summed E-state index contributed by atoms with van der Waals surface area (Å²) in [5, 5.41) is 2.95. The van der Waals surface area contributed by atoms with Crippen molar-refractivity contribution in [3.8, 4) is 5.75 Å². The monoisotopic (exact) mass is 477 g/mol. The average Bonchev–Trinajstić information content (AvgIpc) is 3.22. The first kappa shape index (κ1) is 23.6. The minimum Gasteiger partial charge on any atom is -0.481 e. The van der Waals surface area contributed by atoms with Crippen molar-refractivity contribution in [2.24, 2.45) is 0 Å². The van der Waals surface area contributed by atoms with Crippen molar-refractivity contribution in [2.75, 3.05) is 5.32 Å². The molecule has 4 aromatic rings. The maximum atomic E-state index is 12.8. The molecule has 0 bridgehead atoms. The van der Waals surface area contributed by atoms with Gasteiger partial charge in [0.1, 0.15) is 12.1 Å². The average molecular weight is 478 g/mol. The molecule has 176 valence electrons. The number of benzene rings is 2. The lowest BCUT2D eigenvalue weighted by molar-refractivity contribution is -0.122. The highest BCUT2D eigenvalue weighted by Crippen LogP contribution is 2.29.